The van der Waals surface area contributed by atoms with Crippen molar-refractivity contribution >= 4 is 17.2 Å². The molecule has 2 aliphatic heterocycles. The largest absolute Gasteiger partial charge is 0.371 e. The third-order valence-corrected chi connectivity index (χ3v) is 6.03. The first-order valence-corrected chi connectivity index (χ1v) is 10.4. The van der Waals surface area contributed by atoms with Crippen LogP contribution in [0.3, 0.4) is 0 Å². The maximum absolute atomic E-state index is 13.7. The van der Waals surface area contributed by atoms with E-state index in [0.717, 1.165) is 44.1 Å². The molecule has 2 aromatic rings. The van der Waals surface area contributed by atoms with Crippen molar-refractivity contribution in [3.05, 3.63) is 48.4 Å². The highest BCUT2D eigenvalue weighted by atomic mass is 19.1. The Hall–Kier alpha value is -2.34. The van der Waals surface area contributed by atoms with Crippen molar-refractivity contribution in [2.24, 2.45) is 11.7 Å². The van der Waals surface area contributed by atoms with E-state index < -0.39 is 0 Å². The van der Waals surface area contributed by atoms with E-state index >= 15 is 0 Å². The first-order valence-electron chi connectivity index (χ1n) is 10.4. The summed E-state index contributed by atoms with van der Waals surface area (Å²) in [5.74, 6) is 1.08. The third-order valence-electron chi connectivity index (χ3n) is 6.03. The average Bonchev–Trinajstić information content (AvgIpc) is 2.74. The van der Waals surface area contributed by atoms with Crippen LogP contribution in [-0.4, -0.2) is 43.7 Å². The van der Waals surface area contributed by atoms with Crippen molar-refractivity contribution in [1.82, 2.24) is 4.98 Å². The molecule has 28 heavy (non-hydrogen) atoms. The molecule has 2 saturated heterocycles. The normalized spacial score (nSPS) is 22.9. The molecule has 6 heteroatoms. The highest BCUT2D eigenvalue weighted by molar-refractivity contribution is 5.55. The van der Waals surface area contributed by atoms with Gasteiger partial charge in [-0.05, 0) is 62.4 Å². The molecule has 1 aromatic carbocycles. The molecule has 4 rings (SSSR count). The van der Waals surface area contributed by atoms with Crippen molar-refractivity contribution in [1.29, 1.82) is 0 Å². The minimum atomic E-state index is -0.196. The van der Waals surface area contributed by atoms with E-state index in [9.17, 15) is 4.39 Å². The standard InChI is InChI=1S/C22H30FN5/c23-18-5-4-6-19(13-18)28-12-8-17(15-24)21(16-28)26-22-14-20(7-9-25-22)27-10-2-1-3-11-27/h4-7,9,13-14,17,21H,1-3,8,10-12,15-16,24H2,(H,25,26)/t17-,21+/m1/s1. The van der Waals surface area contributed by atoms with Gasteiger partial charge in [0.2, 0.25) is 0 Å². The molecule has 2 atom stereocenters. The molecular weight excluding hydrogens is 353 g/mol. The molecule has 0 aliphatic carbocycles. The number of benzene rings is 1. The molecule has 0 unspecified atom stereocenters. The summed E-state index contributed by atoms with van der Waals surface area (Å²) in [4.78, 5) is 9.23. The van der Waals surface area contributed by atoms with Crippen LogP contribution < -0.4 is 20.9 Å². The van der Waals surface area contributed by atoms with Gasteiger partial charge in [-0.15, -0.1) is 0 Å². The molecule has 3 N–H and O–H groups in total. The van der Waals surface area contributed by atoms with Crippen LogP contribution in [-0.2, 0) is 0 Å². The number of halogens is 1. The van der Waals surface area contributed by atoms with E-state index in [1.54, 1.807) is 12.1 Å². The molecule has 0 bridgehead atoms. The van der Waals surface area contributed by atoms with Crippen LogP contribution in [0.1, 0.15) is 25.7 Å². The van der Waals surface area contributed by atoms with Crippen molar-refractivity contribution in [2.45, 2.75) is 31.7 Å². The van der Waals surface area contributed by atoms with E-state index in [2.05, 4.69) is 32.2 Å². The Kier molecular flexibility index (Phi) is 5.95. The van der Waals surface area contributed by atoms with Gasteiger partial charge in [0.05, 0.1) is 0 Å². The van der Waals surface area contributed by atoms with E-state index in [0.29, 0.717) is 12.5 Å². The van der Waals surface area contributed by atoms with Gasteiger partial charge in [0.25, 0.3) is 0 Å². The van der Waals surface area contributed by atoms with Crippen molar-refractivity contribution in [2.75, 3.05) is 47.8 Å². The van der Waals surface area contributed by atoms with E-state index in [-0.39, 0.29) is 11.9 Å². The monoisotopic (exact) mass is 383 g/mol. The van der Waals surface area contributed by atoms with Gasteiger partial charge in [-0.3, -0.25) is 0 Å². The summed E-state index contributed by atoms with van der Waals surface area (Å²) < 4.78 is 13.7. The predicted octanol–water partition coefficient (Wildman–Crippen LogP) is 3.48. The average molecular weight is 384 g/mol. The molecule has 5 nitrogen and oxygen atoms in total. The van der Waals surface area contributed by atoms with E-state index in [4.69, 9.17) is 5.73 Å². The van der Waals surface area contributed by atoms with Gasteiger partial charge in [0, 0.05) is 55.9 Å². The lowest BCUT2D eigenvalue weighted by molar-refractivity contribution is 0.377. The van der Waals surface area contributed by atoms with Crippen LogP contribution in [0, 0.1) is 11.7 Å². The SMILES string of the molecule is NC[C@H]1CCN(c2cccc(F)c2)C[C@@H]1Nc1cc(N2CCCCC2)ccn1. The van der Waals surface area contributed by atoms with Gasteiger partial charge in [-0.1, -0.05) is 6.07 Å². The zero-order chi connectivity index (χ0) is 19.3. The number of rotatable bonds is 5. The first kappa shape index (κ1) is 19.0. The number of pyridine rings is 1. The number of nitrogens with one attached hydrogen (secondary N) is 1. The Morgan fingerprint density at radius 3 is 2.64 bits per heavy atom. The summed E-state index contributed by atoms with van der Waals surface area (Å²) in [6, 6.07) is 11.3. The fourth-order valence-corrected chi connectivity index (χ4v) is 4.39. The number of piperidine rings is 2. The van der Waals surface area contributed by atoms with Crippen LogP contribution >= 0.6 is 0 Å². The van der Waals surface area contributed by atoms with Crippen molar-refractivity contribution in [3.8, 4) is 0 Å². The molecule has 0 saturated carbocycles. The number of anilines is 3. The van der Waals surface area contributed by atoms with Gasteiger partial charge in [0.15, 0.2) is 0 Å². The van der Waals surface area contributed by atoms with Crippen LogP contribution in [0.2, 0.25) is 0 Å². The molecule has 150 valence electrons. The molecule has 2 fully saturated rings. The topological polar surface area (TPSA) is 57.4 Å². The van der Waals surface area contributed by atoms with E-state index in [1.165, 1.54) is 31.0 Å². The zero-order valence-electron chi connectivity index (χ0n) is 16.4. The Morgan fingerprint density at radius 2 is 1.86 bits per heavy atom. The molecule has 0 amide bonds. The van der Waals surface area contributed by atoms with Crippen LogP contribution in [0.25, 0.3) is 0 Å². The second kappa shape index (κ2) is 8.78. The second-order valence-corrected chi connectivity index (χ2v) is 7.91. The lowest BCUT2D eigenvalue weighted by Crippen LogP contribution is -2.50. The van der Waals surface area contributed by atoms with Crippen LogP contribution in [0.5, 0.6) is 0 Å². The Bertz CT molecular complexity index is 777. The van der Waals surface area contributed by atoms with Gasteiger partial charge < -0.3 is 20.9 Å². The Balaban J connectivity index is 1.48. The maximum atomic E-state index is 13.7. The highest BCUT2D eigenvalue weighted by Gasteiger charge is 2.29. The lowest BCUT2D eigenvalue weighted by atomic mass is 9.91. The van der Waals surface area contributed by atoms with Crippen LogP contribution in [0.15, 0.2) is 42.6 Å². The quantitative estimate of drug-likeness (QED) is 0.828. The van der Waals surface area contributed by atoms with Crippen LogP contribution in [0.4, 0.5) is 21.6 Å². The lowest BCUT2D eigenvalue weighted by Gasteiger charge is -2.40. The highest BCUT2D eigenvalue weighted by Crippen LogP contribution is 2.27. The number of nitrogens with two attached hydrogens (primary N) is 1. The number of hydrogen-bond acceptors (Lipinski definition) is 5. The Labute approximate surface area is 166 Å². The molecule has 0 radical (unpaired) electrons. The summed E-state index contributed by atoms with van der Waals surface area (Å²) in [5.41, 5.74) is 8.22. The summed E-state index contributed by atoms with van der Waals surface area (Å²) in [6.07, 6.45) is 6.70. The fraction of sp³-hybridized carbons (Fsp3) is 0.500. The third kappa shape index (κ3) is 4.38. The van der Waals surface area contributed by atoms with Gasteiger partial charge in [0.1, 0.15) is 11.6 Å². The van der Waals surface area contributed by atoms with Crippen molar-refractivity contribution in [3.63, 3.8) is 0 Å². The summed E-state index contributed by atoms with van der Waals surface area (Å²) in [6.45, 7) is 4.56. The number of aromatic nitrogens is 1. The molecule has 1 aromatic heterocycles. The Morgan fingerprint density at radius 1 is 1.04 bits per heavy atom. The van der Waals surface area contributed by atoms with Crippen molar-refractivity contribution < 1.29 is 4.39 Å². The maximum Gasteiger partial charge on any atom is 0.128 e. The molecule has 2 aliphatic rings. The zero-order valence-corrected chi connectivity index (χ0v) is 16.4. The van der Waals surface area contributed by atoms with Gasteiger partial charge in [-0.2, -0.15) is 0 Å². The van der Waals surface area contributed by atoms with Gasteiger partial charge >= 0.3 is 0 Å². The van der Waals surface area contributed by atoms with E-state index in [1.807, 2.05) is 12.3 Å². The minimum absolute atomic E-state index is 0.186. The fourth-order valence-electron chi connectivity index (χ4n) is 4.39. The van der Waals surface area contributed by atoms with Gasteiger partial charge in [-0.25, -0.2) is 9.37 Å². The minimum Gasteiger partial charge on any atom is -0.371 e. The number of hydrogen-bond donors (Lipinski definition) is 2. The molecule has 3 heterocycles. The number of nitrogens with zero attached hydrogens (tertiary/aromatic N) is 3. The molecular formula is C22H30FN5. The smallest absolute Gasteiger partial charge is 0.128 e. The summed E-state index contributed by atoms with van der Waals surface area (Å²) >= 11 is 0. The molecule has 0 spiro atoms. The summed E-state index contributed by atoms with van der Waals surface area (Å²) in [7, 11) is 0. The first-order chi connectivity index (χ1) is 13.7. The summed E-state index contributed by atoms with van der Waals surface area (Å²) in [5, 5.41) is 3.62. The second-order valence-electron chi connectivity index (χ2n) is 7.91. The predicted molar refractivity (Wildman–Crippen MR) is 113 cm³/mol.